The highest BCUT2D eigenvalue weighted by Gasteiger charge is 2.44. The van der Waals surface area contributed by atoms with Crippen LogP contribution in [0, 0.1) is 12.3 Å². The van der Waals surface area contributed by atoms with Crippen LogP contribution in [-0.4, -0.2) is 62.3 Å². The molecule has 1 amide bonds. The molecule has 2 atom stereocenters. The molecule has 0 aliphatic carbocycles. The van der Waals surface area contributed by atoms with Gasteiger partial charge in [-0.1, -0.05) is 12.1 Å². The summed E-state index contributed by atoms with van der Waals surface area (Å²) < 4.78 is 6.76. The van der Waals surface area contributed by atoms with Crippen molar-refractivity contribution in [3.05, 3.63) is 35.7 Å². The van der Waals surface area contributed by atoms with Gasteiger partial charge in [0.05, 0.1) is 12.5 Å². The minimum absolute atomic E-state index is 0.178. The van der Waals surface area contributed by atoms with Gasteiger partial charge in [-0.15, -0.1) is 5.10 Å². The molecule has 0 radical (unpaired) electrons. The number of carboxylic acids is 1. The summed E-state index contributed by atoms with van der Waals surface area (Å²) in [5, 5.41) is 21.0. The molecule has 0 saturated carbocycles. The Balaban J connectivity index is 1.88. The largest absolute Gasteiger partial charge is 0.497 e. The van der Waals surface area contributed by atoms with Crippen molar-refractivity contribution in [2.75, 3.05) is 20.2 Å². The number of hydrogen-bond donors (Lipinski definition) is 1. The molecule has 1 saturated heterocycles. The molecule has 1 aliphatic rings. The maximum atomic E-state index is 13.3. The number of aliphatic carboxylic acids is 1. The Morgan fingerprint density at radius 2 is 2.19 bits per heavy atom. The second kappa shape index (κ2) is 7.34. The quantitative estimate of drug-likeness (QED) is 0.807. The molecule has 1 aromatic heterocycles. The second-order valence-electron chi connectivity index (χ2n) is 7.12. The van der Waals surface area contributed by atoms with Gasteiger partial charge in [-0.25, -0.2) is 4.68 Å². The first kappa shape index (κ1) is 18.8. The van der Waals surface area contributed by atoms with E-state index in [0.717, 1.165) is 5.56 Å². The molecule has 0 bridgehead atoms. The summed E-state index contributed by atoms with van der Waals surface area (Å²) in [5.41, 5.74) is -0.0194. The van der Waals surface area contributed by atoms with Crippen LogP contribution in [0.2, 0.25) is 0 Å². The molecule has 0 spiro atoms. The molecular formula is C18H23N5O4. The third kappa shape index (κ3) is 3.76. The molecule has 144 valence electrons. The smallest absolute Gasteiger partial charge is 0.311 e. The van der Waals surface area contributed by atoms with E-state index in [-0.39, 0.29) is 12.5 Å². The minimum atomic E-state index is -0.925. The summed E-state index contributed by atoms with van der Waals surface area (Å²) in [6.07, 6.45) is 0.802. The zero-order valence-corrected chi connectivity index (χ0v) is 15.6. The summed E-state index contributed by atoms with van der Waals surface area (Å²) in [6.45, 7) is 3.98. The van der Waals surface area contributed by atoms with E-state index >= 15 is 0 Å². The van der Waals surface area contributed by atoms with E-state index in [9.17, 15) is 14.7 Å². The van der Waals surface area contributed by atoms with E-state index in [1.54, 1.807) is 25.9 Å². The Morgan fingerprint density at radius 1 is 1.41 bits per heavy atom. The van der Waals surface area contributed by atoms with E-state index in [2.05, 4.69) is 15.5 Å². The van der Waals surface area contributed by atoms with E-state index in [4.69, 9.17) is 4.74 Å². The standard InChI is InChI=1S/C18H23N5O4/c1-12-19-20-21-23(12)15(10-13-5-4-6-14(9-13)27-3)16(24)22-8-7-18(2,11-22)17(25)26/h4-6,9,15H,7-8,10-11H2,1-3H3,(H,25,26). The van der Waals surface area contributed by atoms with Crippen LogP contribution in [0.15, 0.2) is 24.3 Å². The number of methoxy groups -OCH3 is 1. The van der Waals surface area contributed by atoms with Crippen molar-refractivity contribution in [3.63, 3.8) is 0 Å². The van der Waals surface area contributed by atoms with Crippen LogP contribution in [0.4, 0.5) is 0 Å². The van der Waals surface area contributed by atoms with Crippen LogP contribution in [0.25, 0.3) is 0 Å². The molecule has 1 N–H and O–H groups in total. The Morgan fingerprint density at radius 3 is 2.78 bits per heavy atom. The lowest BCUT2D eigenvalue weighted by molar-refractivity contribution is -0.147. The predicted octanol–water partition coefficient (Wildman–Crippen LogP) is 1.10. The number of ether oxygens (including phenoxy) is 1. The highest BCUT2D eigenvalue weighted by Crippen LogP contribution is 2.32. The molecule has 3 rings (SSSR count). The molecule has 9 heteroatoms. The second-order valence-corrected chi connectivity index (χ2v) is 7.12. The monoisotopic (exact) mass is 373 g/mol. The van der Waals surface area contributed by atoms with Gasteiger partial charge in [0.25, 0.3) is 0 Å². The fourth-order valence-corrected chi connectivity index (χ4v) is 3.36. The molecule has 2 aromatic rings. The first-order chi connectivity index (χ1) is 12.8. The average molecular weight is 373 g/mol. The number of carbonyl (C=O) groups is 2. The number of rotatable bonds is 6. The first-order valence-corrected chi connectivity index (χ1v) is 8.73. The van der Waals surface area contributed by atoms with Crippen LogP contribution >= 0.6 is 0 Å². The van der Waals surface area contributed by atoms with Crippen molar-refractivity contribution < 1.29 is 19.4 Å². The van der Waals surface area contributed by atoms with Crippen molar-refractivity contribution in [1.29, 1.82) is 0 Å². The van der Waals surface area contributed by atoms with Crippen molar-refractivity contribution in [2.45, 2.75) is 32.7 Å². The van der Waals surface area contributed by atoms with Crippen molar-refractivity contribution in [3.8, 4) is 5.75 Å². The number of amides is 1. The van der Waals surface area contributed by atoms with Gasteiger partial charge in [0, 0.05) is 19.5 Å². The topological polar surface area (TPSA) is 110 Å². The fourth-order valence-electron chi connectivity index (χ4n) is 3.36. The molecule has 2 unspecified atom stereocenters. The van der Waals surface area contributed by atoms with Crippen molar-refractivity contribution >= 4 is 11.9 Å². The molecule has 2 heterocycles. The molecule has 1 aromatic carbocycles. The SMILES string of the molecule is COc1cccc(CC(C(=O)N2CCC(C)(C(=O)O)C2)n2nnnc2C)c1. The zero-order chi connectivity index (χ0) is 19.6. The van der Waals surface area contributed by atoms with Gasteiger partial charge in [-0.05, 0) is 48.4 Å². The lowest BCUT2D eigenvalue weighted by Gasteiger charge is -2.25. The minimum Gasteiger partial charge on any atom is -0.497 e. The molecule has 9 nitrogen and oxygen atoms in total. The van der Waals surface area contributed by atoms with Gasteiger partial charge < -0.3 is 14.7 Å². The maximum absolute atomic E-state index is 13.3. The van der Waals surface area contributed by atoms with Crippen LogP contribution in [0.3, 0.4) is 0 Å². The van der Waals surface area contributed by atoms with Crippen molar-refractivity contribution in [2.24, 2.45) is 5.41 Å². The van der Waals surface area contributed by atoms with E-state index in [0.29, 0.717) is 31.0 Å². The summed E-state index contributed by atoms with van der Waals surface area (Å²) in [4.78, 5) is 26.4. The molecular weight excluding hydrogens is 350 g/mol. The predicted molar refractivity (Wildman–Crippen MR) is 95.2 cm³/mol. The number of carbonyl (C=O) groups excluding carboxylic acids is 1. The Kier molecular flexibility index (Phi) is 5.11. The molecule has 1 fully saturated rings. The highest BCUT2D eigenvalue weighted by molar-refractivity contribution is 5.83. The Bertz CT molecular complexity index is 852. The number of aryl methyl sites for hydroxylation is 1. The number of tetrazole rings is 1. The lowest BCUT2D eigenvalue weighted by atomic mass is 9.90. The average Bonchev–Trinajstić information content (AvgIpc) is 3.26. The van der Waals surface area contributed by atoms with Crippen LogP contribution < -0.4 is 4.74 Å². The number of nitrogens with zero attached hydrogens (tertiary/aromatic N) is 5. The van der Waals surface area contributed by atoms with E-state index in [1.165, 1.54) is 4.68 Å². The van der Waals surface area contributed by atoms with Crippen LogP contribution in [0.1, 0.15) is 30.8 Å². The summed E-state index contributed by atoms with van der Waals surface area (Å²) in [6, 6.07) is 6.82. The number of hydrogen-bond acceptors (Lipinski definition) is 6. The number of aromatic nitrogens is 4. The number of likely N-dealkylation sites (tertiary alicyclic amines) is 1. The summed E-state index contributed by atoms with van der Waals surface area (Å²) in [7, 11) is 1.59. The third-order valence-corrected chi connectivity index (χ3v) is 5.10. The Labute approximate surface area is 156 Å². The molecule has 27 heavy (non-hydrogen) atoms. The van der Waals surface area contributed by atoms with Gasteiger partial charge in [0.2, 0.25) is 5.91 Å². The third-order valence-electron chi connectivity index (χ3n) is 5.10. The van der Waals surface area contributed by atoms with E-state index in [1.807, 2.05) is 24.3 Å². The fraction of sp³-hybridized carbons (Fsp3) is 0.500. The van der Waals surface area contributed by atoms with Gasteiger partial charge in [0.1, 0.15) is 17.6 Å². The van der Waals surface area contributed by atoms with Crippen molar-refractivity contribution in [1.82, 2.24) is 25.1 Å². The molecule has 1 aliphatic heterocycles. The van der Waals surface area contributed by atoms with E-state index < -0.39 is 17.4 Å². The number of carboxylic acid groups (broad SMARTS) is 1. The summed E-state index contributed by atoms with van der Waals surface area (Å²) >= 11 is 0. The van der Waals surface area contributed by atoms with Gasteiger partial charge in [-0.2, -0.15) is 0 Å². The van der Waals surface area contributed by atoms with Gasteiger partial charge in [0.15, 0.2) is 0 Å². The highest BCUT2D eigenvalue weighted by atomic mass is 16.5. The lowest BCUT2D eigenvalue weighted by Crippen LogP contribution is -2.40. The maximum Gasteiger partial charge on any atom is 0.311 e. The van der Waals surface area contributed by atoms with Crippen LogP contribution in [-0.2, 0) is 16.0 Å². The normalized spacial score (nSPS) is 20.5. The zero-order valence-electron chi connectivity index (χ0n) is 15.6. The number of benzene rings is 1. The Hall–Kier alpha value is -2.97. The summed E-state index contributed by atoms with van der Waals surface area (Å²) in [5.74, 6) is 0.155. The first-order valence-electron chi connectivity index (χ1n) is 8.73. The van der Waals surface area contributed by atoms with Crippen LogP contribution in [0.5, 0.6) is 5.75 Å². The van der Waals surface area contributed by atoms with Gasteiger partial charge in [-0.3, -0.25) is 9.59 Å². The van der Waals surface area contributed by atoms with Gasteiger partial charge >= 0.3 is 5.97 Å².